The van der Waals surface area contributed by atoms with Crippen LogP contribution in [0.25, 0.3) is 0 Å². The van der Waals surface area contributed by atoms with E-state index in [1.807, 2.05) is 6.07 Å². The Bertz CT molecular complexity index is 619. The van der Waals surface area contributed by atoms with Crippen LogP contribution in [0.1, 0.15) is 25.3 Å². The summed E-state index contributed by atoms with van der Waals surface area (Å²) in [6.07, 6.45) is 2.14. The second-order valence-corrected chi connectivity index (χ2v) is 8.22. The van der Waals surface area contributed by atoms with Crippen LogP contribution in [0.15, 0.2) is 30.3 Å². The van der Waals surface area contributed by atoms with Gasteiger partial charge in [-0.3, -0.25) is 14.6 Å². The average molecular weight is 343 g/mol. The van der Waals surface area contributed by atoms with Crippen molar-refractivity contribution in [1.82, 2.24) is 14.7 Å². The smallest absolute Gasteiger partial charge is 0.225 e. The topological polar surface area (TPSA) is 47.0 Å². The fraction of sp³-hybridized carbons (Fsp3) is 0.650. The lowest BCUT2D eigenvalue weighted by molar-refractivity contribution is -0.142. The third-order valence-corrected chi connectivity index (χ3v) is 6.04. The highest BCUT2D eigenvalue weighted by Crippen LogP contribution is 2.34. The van der Waals surface area contributed by atoms with E-state index in [0.29, 0.717) is 17.9 Å². The third-order valence-electron chi connectivity index (χ3n) is 6.04. The maximum absolute atomic E-state index is 12.5. The Labute approximate surface area is 150 Å². The second kappa shape index (κ2) is 6.71. The molecule has 0 aromatic heterocycles. The van der Waals surface area contributed by atoms with Crippen molar-refractivity contribution in [2.45, 2.75) is 37.9 Å². The Morgan fingerprint density at radius 2 is 1.96 bits per heavy atom. The first-order chi connectivity index (χ1) is 12.1. The summed E-state index contributed by atoms with van der Waals surface area (Å²) in [5.41, 5.74) is 1.07. The lowest BCUT2D eigenvalue weighted by atomic mass is 9.91. The van der Waals surface area contributed by atoms with Gasteiger partial charge in [0.15, 0.2) is 0 Å². The lowest BCUT2D eigenvalue weighted by Gasteiger charge is -2.56. The fourth-order valence-electron chi connectivity index (χ4n) is 4.55. The molecule has 136 valence electrons. The quantitative estimate of drug-likeness (QED) is 0.892. The number of aliphatic hydroxyl groups excluding tert-OH is 1. The zero-order valence-electron chi connectivity index (χ0n) is 15.1. The molecular weight excluding hydrogens is 314 g/mol. The first-order valence-electron chi connectivity index (χ1n) is 9.52. The Morgan fingerprint density at radius 3 is 2.64 bits per heavy atom. The van der Waals surface area contributed by atoms with Crippen LogP contribution in [0.5, 0.6) is 0 Å². The summed E-state index contributed by atoms with van der Waals surface area (Å²) in [5, 5.41) is 10.1. The van der Waals surface area contributed by atoms with Crippen molar-refractivity contribution in [3.05, 3.63) is 35.9 Å². The molecule has 25 heavy (non-hydrogen) atoms. The normalized spacial score (nSPS) is 31.0. The van der Waals surface area contributed by atoms with Crippen LogP contribution >= 0.6 is 0 Å². The van der Waals surface area contributed by atoms with Crippen LogP contribution in [0, 0.1) is 5.92 Å². The van der Waals surface area contributed by atoms with Crippen LogP contribution in [0.2, 0.25) is 0 Å². The molecule has 3 aliphatic rings. The predicted octanol–water partition coefficient (Wildman–Crippen LogP) is 1.18. The van der Waals surface area contributed by atoms with Gasteiger partial charge in [0.25, 0.3) is 0 Å². The molecule has 2 saturated heterocycles. The highest BCUT2D eigenvalue weighted by molar-refractivity contribution is 5.81. The SMILES string of the molecule is CC1(CO)CN(Cc2ccccc2)CC2CN(C(=O)C3CC3)CCN21. The zero-order chi connectivity index (χ0) is 17.4. The van der Waals surface area contributed by atoms with Gasteiger partial charge in [0.05, 0.1) is 12.1 Å². The van der Waals surface area contributed by atoms with E-state index >= 15 is 0 Å². The largest absolute Gasteiger partial charge is 0.394 e. The van der Waals surface area contributed by atoms with Crippen LogP contribution in [0.3, 0.4) is 0 Å². The van der Waals surface area contributed by atoms with Crippen LogP contribution in [0.4, 0.5) is 0 Å². The van der Waals surface area contributed by atoms with Gasteiger partial charge in [0, 0.05) is 51.2 Å². The molecule has 1 N–H and O–H groups in total. The van der Waals surface area contributed by atoms with Crippen LogP contribution in [-0.2, 0) is 11.3 Å². The number of benzene rings is 1. The number of piperazine rings is 2. The minimum absolute atomic E-state index is 0.158. The number of carbonyl (C=O) groups excluding carboxylic acids is 1. The monoisotopic (exact) mass is 343 g/mol. The van der Waals surface area contributed by atoms with Gasteiger partial charge in [-0.05, 0) is 25.3 Å². The van der Waals surface area contributed by atoms with E-state index in [4.69, 9.17) is 0 Å². The molecule has 1 aromatic rings. The Morgan fingerprint density at radius 1 is 1.20 bits per heavy atom. The summed E-state index contributed by atoms with van der Waals surface area (Å²) in [5.74, 6) is 0.644. The van der Waals surface area contributed by atoms with Gasteiger partial charge in [-0.25, -0.2) is 0 Å². The summed E-state index contributed by atoms with van der Waals surface area (Å²) < 4.78 is 0. The van der Waals surface area contributed by atoms with Gasteiger partial charge in [-0.15, -0.1) is 0 Å². The number of rotatable bonds is 4. The minimum atomic E-state index is -0.230. The number of hydrogen-bond acceptors (Lipinski definition) is 4. The molecule has 1 amide bonds. The number of fused-ring (bicyclic) bond motifs is 1. The number of amides is 1. The molecule has 1 aliphatic carbocycles. The standard InChI is InChI=1S/C20H29N3O2/c1-20(15-24)14-21(11-16-5-3-2-4-6-16)12-18-13-22(9-10-23(18)20)19(25)17-7-8-17/h2-6,17-18,24H,7-15H2,1H3. The summed E-state index contributed by atoms with van der Waals surface area (Å²) in [6.45, 7) is 7.53. The predicted molar refractivity (Wildman–Crippen MR) is 97.0 cm³/mol. The number of nitrogens with zero attached hydrogens (tertiary/aromatic N) is 3. The van der Waals surface area contributed by atoms with E-state index in [1.165, 1.54) is 5.56 Å². The van der Waals surface area contributed by atoms with E-state index in [2.05, 4.69) is 45.9 Å². The molecule has 1 saturated carbocycles. The molecule has 5 nitrogen and oxygen atoms in total. The van der Waals surface area contributed by atoms with E-state index in [-0.39, 0.29) is 12.1 Å². The molecule has 0 spiro atoms. The molecule has 2 heterocycles. The van der Waals surface area contributed by atoms with Gasteiger partial charge in [0.2, 0.25) is 5.91 Å². The molecular formula is C20H29N3O2. The van der Waals surface area contributed by atoms with Gasteiger partial charge < -0.3 is 10.0 Å². The van der Waals surface area contributed by atoms with E-state index in [0.717, 1.165) is 52.1 Å². The molecule has 2 unspecified atom stereocenters. The molecule has 0 radical (unpaired) electrons. The highest BCUT2D eigenvalue weighted by Gasteiger charge is 2.46. The van der Waals surface area contributed by atoms with Crippen molar-refractivity contribution in [3.8, 4) is 0 Å². The maximum atomic E-state index is 12.5. The van der Waals surface area contributed by atoms with Gasteiger partial charge >= 0.3 is 0 Å². The second-order valence-electron chi connectivity index (χ2n) is 8.22. The molecule has 0 bridgehead atoms. The maximum Gasteiger partial charge on any atom is 0.225 e. The van der Waals surface area contributed by atoms with E-state index < -0.39 is 0 Å². The van der Waals surface area contributed by atoms with E-state index in [1.54, 1.807) is 0 Å². The molecule has 2 aliphatic heterocycles. The van der Waals surface area contributed by atoms with Crippen molar-refractivity contribution in [1.29, 1.82) is 0 Å². The number of carbonyl (C=O) groups is 1. The third kappa shape index (κ3) is 3.46. The van der Waals surface area contributed by atoms with Crippen molar-refractivity contribution in [3.63, 3.8) is 0 Å². The summed E-state index contributed by atoms with van der Waals surface area (Å²) in [4.78, 5) is 19.4. The first kappa shape index (κ1) is 17.0. The average Bonchev–Trinajstić information content (AvgIpc) is 3.46. The molecule has 2 atom stereocenters. The Hall–Kier alpha value is -1.43. The number of aliphatic hydroxyl groups is 1. The summed E-state index contributed by atoms with van der Waals surface area (Å²) >= 11 is 0. The van der Waals surface area contributed by atoms with Gasteiger partial charge in [0.1, 0.15) is 0 Å². The van der Waals surface area contributed by atoms with Crippen molar-refractivity contribution >= 4 is 5.91 Å². The van der Waals surface area contributed by atoms with Crippen molar-refractivity contribution < 1.29 is 9.90 Å². The minimum Gasteiger partial charge on any atom is -0.394 e. The zero-order valence-corrected chi connectivity index (χ0v) is 15.1. The van der Waals surface area contributed by atoms with Gasteiger partial charge in [-0.1, -0.05) is 30.3 Å². The summed E-state index contributed by atoms with van der Waals surface area (Å²) in [6, 6.07) is 10.8. The van der Waals surface area contributed by atoms with E-state index in [9.17, 15) is 9.90 Å². The summed E-state index contributed by atoms with van der Waals surface area (Å²) in [7, 11) is 0. The first-order valence-corrected chi connectivity index (χ1v) is 9.52. The van der Waals surface area contributed by atoms with Crippen molar-refractivity contribution in [2.24, 2.45) is 5.92 Å². The Balaban J connectivity index is 1.48. The Kier molecular flexibility index (Phi) is 4.56. The van der Waals surface area contributed by atoms with Gasteiger partial charge in [-0.2, -0.15) is 0 Å². The molecule has 1 aromatic carbocycles. The molecule has 4 rings (SSSR count). The fourth-order valence-corrected chi connectivity index (χ4v) is 4.55. The van der Waals surface area contributed by atoms with Crippen LogP contribution in [-0.4, -0.2) is 76.6 Å². The van der Waals surface area contributed by atoms with Crippen molar-refractivity contribution in [2.75, 3.05) is 39.3 Å². The van der Waals surface area contributed by atoms with Crippen LogP contribution < -0.4 is 0 Å². The molecule has 3 fully saturated rings. The highest BCUT2D eigenvalue weighted by atomic mass is 16.3. The molecule has 5 heteroatoms. The number of hydrogen-bond donors (Lipinski definition) is 1. The lowest BCUT2D eigenvalue weighted by Crippen LogP contribution is -2.72.